The SMILES string of the molecule is COCc1cc(C(=O)Nc2c(C)cc(Cl)nc2Cl)no1. The molecular weight excluding hydrogens is 305 g/mol. The molecule has 0 aromatic carbocycles. The molecule has 2 heterocycles. The molecule has 0 aliphatic carbocycles. The van der Waals surface area contributed by atoms with E-state index in [0.717, 1.165) is 0 Å². The quantitative estimate of drug-likeness (QED) is 0.877. The molecule has 0 aliphatic heterocycles. The van der Waals surface area contributed by atoms with Crippen molar-refractivity contribution < 1.29 is 14.1 Å². The second kappa shape index (κ2) is 6.21. The molecule has 1 N–H and O–H groups in total. The van der Waals surface area contributed by atoms with Crippen LogP contribution < -0.4 is 5.32 Å². The Labute approximate surface area is 125 Å². The number of hydrogen-bond donors (Lipinski definition) is 1. The van der Waals surface area contributed by atoms with E-state index in [1.807, 2.05) is 0 Å². The maximum atomic E-state index is 12.0. The summed E-state index contributed by atoms with van der Waals surface area (Å²) in [5.74, 6) is -0.0000690. The second-order valence-electron chi connectivity index (χ2n) is 3.99. The first-order valence-corrected chi connectivity index (χ1v) is 6.35. The van der Waals surface area contributed by atoms with E-state index in [4.69, 9.17) is 32.5 Å². The van der Waals surface area contributed by atoms with Gasteiger partial charge < -0.3 is 14.6 Å². The molecule has 2 aromatic rings. The van der Waals surface area contributed by atoms with Gasteiger partial charge in [-0.2, -0.15) is 0 Å². The molecule has 20 heavy (non-hydrogen) atoms. The monoisotopic (exact) mass is 315 g/mol. The number of aryl methyl sites for hydroxylation is 1. The van der Waals surface area contributed by atoms with E-state index in [1.165, 1.54) is 13.2 Å². The van der Waals surface area contributed by atoms with Gasteiger partial charge in [-0.1, -0.05) is 28.4 Å². The van der Waals surface area contributed by atoms with Crippen molar-refractivity contribution in [3.8, 4) is 0 Å². The Morgan fingerprint density at radius 2 is 2.20 bits per heavy atom. The number of nitrogens with zero attached hydrogens (tertiary/aromatic N) is 2. The molecule has 0 atom stereocenters. The Morgan fingerprint density at radius 3 is 2.85 bits per heavy atom. The largest absolute Gasteiger partial charge is 0.377 e. The molecule has 0 saturated carbocycles. The highest BCUT2D eigenvalue weighted by molar-refractivity contribution is 6.35. The highest BCUT2D eigenvalue weighted by atomic mass is 35.5. The number of methoxy groups -OCH3 is 1. The summed E-state index contributed by atoms with van der Waals surface area (Å²) in [6.45, 7) is 2.00. The van der Waals surface area contributed by atoms with E-state index in [9.17, 15) is 4.79 Å². The molecule has 0 saturated heterocycles. The van der Waals surface area contributed by atoms with Gasteiger partial charge in [0, 0.05) is 13.2 Å². The Kier molecular flexibility index (Phi) is 4.59. The summed E-state index contributed by atoms with van der Waals surface area (Å²) in [5, 5.41) is 6.65. The van der Waals surface area contributed by atoms with E-state index in [-0.39, 0.29) is 22.6 Å². The maximum Gasteiger partial charge on any atom is 0.277 e. The third-order valence-electron chi connectivity index (χ3n) is 2.46. The zero-order valence-electron chi connectivity index (χ0n) is 10.7. The van der Waals surface area contributed by atoms with Crippen LogP contribution in [0, 0.1) is 6.92 Å². The van der Waals surface area contributed by atoms with Crippen molar-refractivity contribution in [3.05, 3.63) is 39.5 Å². The molecular formula is C12H11Cl2N3O3. The van der Waals surface area contributed by atoms with E-state index in [1.54, 1.807) is 13.0 Å². The van der Waals surface area contributed by atoms with Crippen LogP contribution in [-0.4, -0.2) is 23.2 Å². The fourth-order valence-electron chi connectivity index (χ4n) is 1.55. The third kappa shape index (κ3) is 3.27. The fraction of sp³-hybridized carbons (Fsp3) is 0.250. The smallest absolute Gasteiger partial charge is 0.277 e. The van der Waals surface area contributed by atoms with Crippen LogP contribution in [0.2, 0.25) is 10.3 Å². The van der Waals surface area contributed by atoms with Crippen molar-refractivity contribution in [2.75, 3.05) is 12.4 Å². The van der Waals surface area contributed by atoms with Gasteiger partial charge in [0.1, 0.15) is 11.8 Å². The summed E-state index contributed by atoms with van der Waals surface area (Å²) in [4.78, 5) is 15.9. The Bertz CT molecular complexity index is 620. The van der Waals surface area contributed by atoms with Crippen LogP contribution in [0.3, 0.4) is 0 Å². The molecule has 0 bridgehead atoms. The Morgan fingerprint density at radius 1 is 1.45 bits per heavy atom. The topological polar surface area (TPSA) is 77.2 Å². The van der Waals surface area contributed by atoms with Gasteiger partial charge in [-0.05, 0) is 18.6 Å². The van der Waals surface area contributed by atoms with Crippen molar-refractivity contribution in [1.29, 1.82) is 0 Å². The molecule has 0 unspecified atom stereocenters. The number of carbonyl (C=O) groups is 1. The first-order chi connectivity index (χ1) is 9.51. The summed E-state index contributed by atoms with van der Waals surface area (Å²) in [6, 6.07) is 3.09. The average molecular weight is 316 g/mol. The lowest BCUT2D eigenvalue weighted by Gasteiger charge is -2.08. The molecule has 106 valence electrons. The Balaban J connectivity index is 2.19. The van der Waals surface area contributed by atoms with Crippen LogP contribution in [0.15, 0.2) is 16.7 Å². The molecule has 0 aliphatic rings. The summed E-state index contributed by atoms with van der Waals surface area (Å²) in [7, 11) is 1.52. The van der Waals surface area contributed by atoms with Crippen molar-refractivity contribution in [1.82, 2.24) is 10.1 Å². The van der Waals surface area contributed by atoms with Crippen molar-refractivity contribution in [2.45, 2.75) is 13.5 Å². The van der Waals surface area contributed by atoms with E-state index >= 15 is 0 Å². The zero-order valence-corrected chi connectivity index (χ0v) is 12.2. The van der Waals surface area contributed by atoms with E-state index in [2.05, 4.69) is 15.5 Å². The average Bonchev–Trinajstić information content (AvgIpc) is 2.82. The fourth-order valence-corrected chi connectivity index (χ4v) is 2.13. The van der Waals surface area contributed by atoms with Gasteiger partial charge >= 0.3 is 0 Å². The van der Waals surface area contributed by atoms with Gasteiger partial charge in [-0.3, -0.25) is 4.79 Å². The van der Waals surface area contributed by atoms with Crippen LogP contribution in [-0.2, 0) is 11.3 Å². The van der Waals surface area contributed by atoms with Crippen molar-refractivity contribution >= 4 is 34.8 Å². The summed E-state index contributed by atoms with van der Waals surface area (Å²) in [6.07, 6.45) is 0. The molecule has 2 aromatic heterocycles. The first-order valence-electron chi connectivity index (χ1n) is 5.59. The summed E-state index contributed by atoms with van der Waals surface area (Å²) >= 11 is 11.7. The van der Waals surface area contributed by atoms with Crippen LogP contribution in [0.5, 0.6) is 0 Å². The number of hydrogen-bond acceptors (Lipinski definition) is 5. The number of nitrogens with one attached hydrogen (secondary N) is 1. The minimum absolute atomic E-state index is 0.115. The molecule has 0 radical (unpaired) electrons. The predicted molar refractivity (Wildman–Crippen MR) is 74.2 cm³/mol. The lowest BCUT2D eigenvalue weighted by atomic mass is 10.2. The maximum absolute atomic E-state index is 12.0. The molecule has 0 fully saturated rings. The van der Waals surface area contributed by atoms with Gasteiger partial charge in [0.25, 0.3) is 5.91 Å². The molecule has 8 heteroatoms. The van der Waals surface area contributed by atoms with E-state index in [0.29, 0.717) is 17.0 Å². The number of rotatable bonds is 4. The number of anilines is 1. The number of aromatic nitrogens is 2. The van der Waals surface area contributed by atoms with Gasteiger partial charge in [0.2, 0.25) is 0 Å². The van der Waals surface area contributed by atoms with Gasteiger partial charge in [-0.15, -0.1) is 0 Å². The molecule has 6 nitrogen and oxygen atoms in total. The number of carbonyl (C=O) groups excluding carboxylic acids is 1. The zero-order chi connectivity index (χ0) is 14.7. The summed E-state index contributed by atoms with van der Waals surface area (Å²) in [5.41, 5.74) is 1.21. The number of pyridine rings is 1. The predicted octanol–water partition coefficient (Wildman–Crippen LogP) is 3.08. The second-order valence-corrected chi connectivity index (χ2v) is 4.74. The molecule has 2 rings (SSSR count). The third-order valence-corrected chi connectivity index (χ3v) is 2.93. The summed E-state index contributed by atoms with van der Waals surface area (Å²) < 4.78 is 9.82. The highest BCUT2D eigenvalue weighted by Gasteiger charge is 2.16. The van der Waals surface area contributed by atoms with Gasteiger partial charge in [-0.25, -0.2) is 4.98 Å². The van der Waals surface area contributed by atoms with Gasteiger partial charge in [0.15, 0.2) is 16.6 Å². The molecule has 1 amide bonds. The number of ether oxygens (including phenoxy) is 1. The number of halogens is 2. The van der Waals surface area contributed by atoms with Crippen LogP contribution >= 0.6 is 23.2 Å². The van der Waals surface area contributed by atoms with Crippen molar-refractivity contribution in [3.63, 3.8) is 0 Å². The Hall–Kier alpha value is -1.63. The lowest BCUT2D eigenvalue weighted by molar-refractivity contribution is 0.101. The minimum atomic E-state index is -0.453. The van der Waals surface area contributed by atoms with Crippen LogP contribution in [0.4, 0.5) is 5.69 Å². The van der Waals surface area contributed by atoms with E-state index < -0.39 is 5.91 Å². The normalized spacial score (nSPS) is 10.6. The standard InChI is InChI=1S/C12H11Cl2N3O3/c1-6-3-9(13)15-11(14)10(6)16-12(18)8-4-7(5-19-2)20-17-8/h3-4H,5H2,1-2H3,(H,16,18). The first kappa shape index (κ1) is 14.8. The van der Waals surface area contributed by atoms with Crippen LogP contribution in [0.25, 0.3) is 0 Å². The molecule has 0 spiro atoms. The highest BCUT2D eigenvalue weighted by Crippen LogP contribution is 2.26. The lowest BCUT2D eigenvalue weighted by Crippen LogP contribution is -2.14. The van der Waals surface area contributed by atoms with Crippen LogP contribution in [0.1, 0.15) is 21.8 Å². The number of amides is 1. The van der Waals surface area contributed by atoms with Crippen molar-refractivity contribution in [2.24, 2.45) is 0 Å². The van der Waals surface area contributed by atoms with Gasteiger partial charge in [0.05, 0.1) is 5.69 Å². The minimum Gasteiger partial charge on any atom is -0.377 e.